The summed E-state index contributed by atoms with van der Waals surface area (Å²) in [6.45, 7) is 1.52. The van der Waals surface area contributed by atoms with Crippen LogP contribution in [0.2, 0.25) is 0 Å². The van der Waals surface area contributed by atoms with Gasteiger partial charge in [0.05, 0.1) is 44.3 Å². The number of ether oxygens (including phenoxy) is 2. The van der Waals surface area contributed by atoms with E-state index in [0.717, 1.165) is 21.0 Å². The fourth-order valence-corrected chi connectivity index (χ4v) is 4.96. The van der Waals surface area contributed by atoms with E-state index in [-0.39, 0.29) is 40.9 Å². The highest BCUT2D eigenvalue weighted by Crippen LogP contribution is 2.37. The number of carbonyl (C=O) groups is 1. The van der Waals surface area contributed by atoms with Gasteiger partial charge in [0.1, 0.15) is 5.82 Å². The van der Waals surface area contributed by atoms with Crippen molar-refractivity contribution in [1.29, 1.82) is 0 Å². The van der Waals surface area contributed by atoms with Gasteiger partial charge in [0.25, 0.3) is 5.91 Å². The Balaban J connectivity index is 2.07. The first-order chi connectivity index (χ1) is 17.1. The van der Waals surface area contributed by atoms with E-state index in [9.17, 15) is 17.6 Å². The first kappa shape index (κ1) is 27.3. The average Bonchev–Trinajstić information content (AvgIpc) is 2.86. The number of benzene rings is 3. The van der Waals surface area contributed by atoms with E-state index in [1.54, 1.807) is 17.8 Å². The Kier molecular flexibility index (Phi) is 8.86. The van der Waals surface area contributed by atoms with Crippen LogP contribution in [0.4, 0.5) is 10.1 Å². The van der Waals surface area contributed by atoms with Crippen LogP contribution in [0.1, 0.15) is 34.5 Å². The lowest BCUT2D eigenvalue weighted by Crippen LogP contribution is -2.33. The molecular weight excluding hydrogens is 503 g/mol. The maximum absolute atomic E-state index is 14.4. The lowest BCUT2D eigenvalue weighted by atomic mass is 10.1. The summed E-state index contributed by atoms with van der Waals surface area (Å²) in [7, 11) is -1.11. The molecule has 1 amide bonds. The Hall–Kier alpha value is -3.24. The SMILES string of the molecule is COc1cc(C(=O)N[C@H](C)c2ccc(SC)cc2)c(N(Cc2ccccc2F)S(C)(=O)=O)cc1OC. The summed E-state index contributed by atoms with van der Waals surface area (Å²) in [5.74, 6) is -0.593. The van der Waals surface area contributed by atoms with Crippen molar-refractivity contribution in [3.05, 3.63) is 83.2 Å². The van der Waals surface area contributed by atoms with Gasteiger partial charge in [-0.05, 0) is 43.0 Å². The smallest absolute Gasteiger partial charge is 0.254 e. The molecule has 0 spiro atoms. The van der Waals surface area contributed by atoms with Gasteiger partial charge in [-0.15, -0.1) is 11.8 Å². The topological polar surface area (TPSA) is 84.9 Å². The molecule has 36 heavy (non-hydrogen) atoms. The van der Waals surface area contributed by atoms with E-state index < -0.39 is 21.7 Å². The summed E-state index contributed by atoms with van der Waals surface area (Å²) in [5.41, 5.74) is 1.13. The molecule has 0 saturated heterocycles. The van der Waals surface area contributed by atoms with Gasteiger partial charge < -0.3 is 14.8 Å². The van der Waals surface area contributed by atoms with Crippen molar-refractivity contribution in [1.82, 2.24) is 5.32 Å². The van der Waals surface area contributed by atoms with E-state index in [2.05, 4.69) is 5.32 Å². The van der Waals surface area contributed by atoms with Crippen LogP contribution in [0.25, 0.3) is 0 Å². The molecule has 0 unspecified atom stereocenters. The fraction of sp³-hybridized carbons (Fsp3) is 0.269. The third kappa shape index (κ3) is 6.30. The molecule has 0 radical (unpaired) electrons. The molecule has 0 fully saturated rings. The van der Waals surface area contributed by atoms with Gasteiger partial charge in [-0.2, -0.15) is 0 Å². The maximum Gasteiger partial charge on any atom is 0.254 e. The highest BCUT2D eigenvalue weighted by molar-refractivity contribution is 7.98. The second-order valence-electron chi connectivity index (χ2n) is 8.05. The number of hydrogen-bond donors (Lipinski definition) is 1. The number of nitrogens with zero attached hydrogens (tertiary/aromatic N) is 1. The number of rotatable bonds is 10. The van der Waals surface area contributed by atoms with Crippen molar-refractivity contribution >= 4 is 33.4 Å². The van der Waals surface area contributed by atoms with Gasteiger partial charge in [-0.1, -0.05) is 30.3 Å². The van der Waals surface area contributed by atoms with Crippen LogP contribution >= 0.6 is 11.8 Å². The van der Waals surface area contributed by atoms with Crippen LogP contribution in [0.5, 0.6) is 11.5 Å². The van der Waals surface area contributed by atoms with Crippen LogP contribution in [-0.4, -0.2) is 41.1 Å². The number of sulfonamides is 1. The largest absolute Gasteiger partial charge is 0.493 e. The minimum absolute atomic E-state index is 0.0424. The molecule has 7 nitrogen and oxygen atoms in total. The molecule has 0 bridgehead atoms. The average molecular weight is 533 g/mol. The standard InChI is InChI=1S/C26H29FN2O5S2/c1-17(18-10-12-20(35-4)13-11-18)28-26(30)21-14-24(33-2)25(34-3)15-23(21)29(36(5,31)32)16-19-8-6-7-9-22(19)27/h6-15,17H,16H2,1-5H3,(H,28,30)/t17-/m1/s1. The Labute approximate surface area is 215 Å². The van der Waals surface area contributed by atoms with Crippen molar-refractivity contribution in [3.8, 4) is 11.5 Å². The highest BCUT2D eigenvalue weighted by Gasteiger charge is 2.28. The summed E-state index contributed by atoms with van der Waals surface area (Å²) in [6, 6.07) is 16.1. The third-order valence-corrected chi connectivity index (χ3v) is 7.52. The van der Waals surface area contributed by atoms with Crippen LogP contribution in [0.15, 0.2) is 65.6 Å². The van der Waals surface area contributed by atoms with Crippen molar-refractivity contribution in [2.75, 3.05) is 31.0 Å². The number of anilines is 1. The molecule has 3 aromatic rings. The first-order valence-corrected chi connectivity index (χ1v) is 14.1. The lowest BCUT2D eigenvalue weighted by Gasteiger charge is -2.26. The van der Waals surface area contributed by atoms with Gasteiger partial charge in [-0.3, -0.25) is 9.10 Å². The molecule has 1 N–H and O–H groups in total. The monoisotopic (exact) mass is 532 g/mol. The summed E-state index contributed by atoms with van der Waals surface area (Å²) in [5, 5.41) is 2.92. The number of thioether (sulfide) groups is 1. The van der Waals surface area contributed by atoms with E-state index in [1.165, 1.54) is 44.6 Å². The Morgan fingerprint density at radius 1 is 1.06 bits per heavy atom. The second kappa shape index (κ2) is 11.7. The molecule has 0 aliphatic rings. The van der Waals surface area contributed by atoms with E-state index in [1.807, 2.05) is 37.4 Å². The number of nitrogens with one attached hydrogen (secondary N) is 1. The number of methoxy groups -OCH3 is 2. The molecule has 0 aromatic heterocycles. The molecule has 0 aliphatic heterocycles. The van der Waals surface area contributed by atoms with Crippen LogP contribution < -0.4 is 19.1 Å². The predicted octanol–water partition coefficient (Wildman–Crippen LogP) is 5.02. The third-order valence-electron chi connectivity index (χ3n) is 5.65. The van der Waals surface area contributed by atoms with Gasteiger partial charge in [0.2, 0.25) is 10.0 Å². The zero-order valence-electron chi connectivity index (χ0n) is 20.7. The van der Waals surface area contributed by atoms with E-state index >= 15 is 0 Å². The second-order valence-corrected chi connectivity index (χ2v) is 10.8. The van der Waals surface area contributed by atoms with Crippen LogP contribution in [0.3, 0.4) is 0 Å². The van der Waals surface area contributed by atoms with Crippen LogP contribution in [-0.2, 0) is 16.6 Å². The molecule has 1 atom stereocenters. The summed E-state index contributed by atoms with van der Waals surface area (Å²) >= 11 is 1.61. The van der Waals surface area contributed by atoms with Crippen molar-refractivity contribution in [3.63, 3.8) is 0 Å². The number of halogens is 1. The van der Waals surface area contributed by atoms with Crippen molar-refractivity contribution in [2.24, 2.45) is 0 Å². The molecule has 3 aromatic carbocycles. The van der Waals surface area contributed by atoms with E-state index in [0.29, 0.717) is 0 Å². The Morgan fingerprint density at radius 2 is 1.67 bits per heavy atom. The normalized spacial score (nSPS) is 12.1. The van der Waals surface area contributed by atoms with Gasteiger partial charge >= 0.3 is 0 Å². The first-order valence-electron chi connectivity index (χ1n) is 11.0. The van der Waals surface area contributed by atoms with Gasteiger partial charge in [0, 0.05) is 16.5 Å². The molecule has 0 saturated carbocycles. The van der Waals surface area contributed by atoms with Crippen molar-refractivity contribution < 1.29 is 27.1 Å². The number of amides is 1. The fourth-order valence-electron chi connectivity index (χ4n) is 3.67. The van der Waals surface area contributed by atoms with Crippen molar-refractivity contribution in [2.45, 2.75) is 24.4 Å². The molecule has 10 heteroatoms. The predicted molar refractivity (Wildman–Crippen MR) is 141 cm³/mol. The maximum atomic E-state index is 14.4. The summed E-state index contributed by atoms with van der Waals surface area (Å²) in [4.78, 5) is 14.6. The zero-order chi connectivity index (χ0) is 26.5. The molecular formula is C26H29FN2O5S2. The lowest BCUT2D eigenvalue weighted by molar-refractivity contribution is 0.0940. The molecule has 192 valence electrons. The Morgan fingerprint density at radius 3 is 2.22 bits per heavy atom. The van der Waals surface area contributed by atoms with Gasteiger partial charge in [-0.25, -0.2) is 12.8 Å². The minimum atomic E-state index is -3.93. The number of hydrogen-bond acceptors (Lipinski definition) is 6. The molecule has 3 rings (SSSR count). The highest BCUT2D eigenvalue weighted by atomic mass is 32.2. The van der Waals surface area contributed by atoms with E-state index in [4.69, 9.17) is 9.47 Å². The summed E-state index contributed by atoms with van der Waals surface area (Å²) < 4.78 is 51.9. The number of carbonyl (C=O) groups excluding carboxylic acids is 1. The molecule has 0 aliphatic carbocycles. The van der Waals surface area contributed by atoms with Gasteiger partial charge in [0.15, 0.2) is 11.5 Å². The quantitative estimate of drug-likeness (QED) is 0.369. The van der Waals surface area contributed by atoms with Crippen LogP contribution in [0, 0.1) is 5.82 Å². The molecule has 0 heterocycles. The zero-order valence-corrected chi connectivity index (χ0v) is 22.4. The minimum Gasteiger partial charge on any atom is -0.493 e. The summed E-state index contributed by atoms with van der Waals surface area (Å²) in [6.07, 6.45) is 2.98. The Bertz CT molecular complexity index is 1330.